The van der Waals surface area contributed by atoms with Gasteiger partial charge in [0, 0.05) is 0 Å². The predicted molar refractivity (Wildman–Crippen MR) is 74.1 cm³/mol. The smallest absolute Gasteiger partial charge is 0.494 e. The van der Waals surface area contributed by atoms with Crippen LogP contribution in [0.1, 0.15) is 5.56 Å². The van der Waals surface area contributed by atoms with Gasteiger partial charge in [0.2, 0.25) is 0 Å². The van der Waals surface area contributed by atoms with Gasteiger partial charge in [-0.05, 0) is 11.1 Å². The fourth-order valence-electron chi connectivity index (χ4n) is 2.02. The molecule has 102 valence electrons. The molecule has 3 aromatic rings. The molecule has 6 heteroatoms. The molecule has 0 aliphatic carbocycles. The van der Waals surface area contributed by atoms with E-state index in [-0.39, 0.29) is 18.9 Å². The van der Waals surface area contributed by atoms with E-state index < -0.39 is 0 Å². The Morgan fingerprint density at radius 2 is 2.00 bits per heavy atom. The maximum absolute atomic E-state index is 5.70. The first-order chi connectivity index (χ1) is 9.88. The summed E-state index contributed by atoms with van der Waals surface area (Å²) >= 11 is 0. The second kappa shape index (κ2) is 7.28. The van der Waals surface area contributed by atoms with Gasteiger partial charge >= 0.3 is 18.9 Å². The van der Waals surface area contributed by atoms with Gasteiger partial charge in [-0.15, -0.1) is 6.20 Å². The molecule has 5 nitrogen and oxygen atoms in total. The predicted octanol–water partition coefficient (Wildman–Crippen LogP) is -0.582. The van der Waals surface area contributed by atoms with Crippen LogP contribution in [-0.4, -0.2) is 21.6 Å². The van der Waals surface area contributed by atoms with Crippen LogP contribution in [0.5, 0.6) is 5.88 Å². The van der Waals surface area contributed by atoms with Crippen LogP contribution >= 0.6 is 0 Å². The molecule has 0 saturated carbocycles. The second-order valence-corrected chi connectivity index (χ2v) is 4.29. The van der Waals surface area contributed by atoms with Crippen molar-refractivity contribution in [1.29, 1.82) is 0 Å². The standard InChI is InChI=1S/C15H14N3O2.Li/c1-19-15-14-13(16-10-17-15)7-8-18(14)11-20-9-12-5-3-2-4-6-12;/h2-6,8,10H,9,11H2,1H3;/q-1;+1. The van der Waals surface area contributed by atoms with Crippen molar-refractivity contribution in [2.24, 2.45) is 0 Å². The van der Waals surface area contributed by atoms with Gasteiger partial charge in [-0.25, -0.2) is 11.1 Å². The van der Waals surface area contributed by atoms with Crippen molar-refractivity contribution in [1.82, 2.24) is 14.5 Å². The molecule has 0 unspecified atom stereocenters. The van der Waals surface area contributed by atoms with Crippen LogP contribution in [0.3, 0.4) is 0 Å². The number of ether oxygens (including phenoxy) is 2. The van der Waals surface area contributed by atoms with Crippen molar-refractivity contribution in [3.05, 3.63) is 54.5 Å². The Labute approximate surface area is 135 Å². The Hall–Kier alpha value is -1.80. The monoisotopic (exact) mass is 275 g/mol. The Morgan fingerprint density at radius 1 is 1.19 bits per heavy atom. The molecule has 0 aliphatic rings. The summed E-state index contributed by atoms with van der Waals surface area (Å²) in [7, 11) is 1.59. The van der Waals surface area contributed by atoms with Gasteiger partial charge in [-0.1, -0.05) is 35.8 Å². The minimum Gasteiger partial charge on any atom is -0.494 e. The summed E-state index contributed by atoms with van der Waals surface area (Å²) in [5, 5.41) is 0. The number of fused-ring (bicyclic) bond motifs is 1. The van der Waals surface area contributed by atoms with E-state index in [0.717, 1.165) is 16.6 Å². The van der Waals surface area contributed by atoms with Crippen LogP contribution in [0.15, 0.2) is 42.9 Å². The third-order valence-electron chi connectivity index (χ3n) is 2.97. The number of hydrogen-bond acceptors (Lipinski definition) is 4. The summed E-state index contributed by atoms with van der Waals surface area (Å²) in [4.78, 5) is 8.25. The van der Waals surface area contributed by atoms with Crippen molar-refractivity contribution in [2.45, 2.75) is 13.3 Å². The van der Waals surface area contributed by atoms with Crippen LogP contribution < -0.4 is 23.6 Å². The molecule has 2 aromatic heterocycles. The summed E-state index contributed by atoms with van der Waals surface area (Å²) in [6.45, 7) is 0.954. The van der Waals surface area contributed by atoms with Crippen molar-refractivity contribution in [2.75, 3.05) is 7.11 Å². The third-order valence-corrected chi connectivity index (χ3v) is 2.97. The van der Waals surface area contributed by atoms with Gasteiger partial charge in [0.1, 0.15) is 13.1 Å². The Morgan fingerprint density at radius 3 is 2.76 bits per heavy atom. The second-order valence-electron chi connectivity index (χ2n) is 4.29. The van der Waals surface area contributed by atoms with Gasteiger partial charge in [-0.3, -0.25) is 4.98 Å². The summed E-state index contributed by atoms with van der Waals surface area (Å²) in [6, 6.07) is 13.1. The van der Waals surface area contributed by atoms with Gasteiger partial charge < -0.3 is 14.0 Å². The molecule has 0 aliphatic heterocycles. The van der Waals surface area contributed by atoms with Crippen LogP contribution in [0.25, 0.3) is 11.0 Å². The summed E-state index contributed by atoms with van der Waals surface area (Å²) < 4.78 is 12.8. The fraction of sp³-hybridized carbons (Fsp3) is 0.200. The number of benzene rings is 1. The number of rotatable bonds is 5. The van der Waals surface area contributed by atoms with E-state index in [1.54, 1.807) is 13.3 Å². The van der Waals surface area contributed by atoms with Crippen LogP contribution in [0.4, 0.5) is 0 Å². The molecule has 1 aromatic carbocycles. The largest absolute Gasteiger partial charge is 1.00 e. The molecule has 0 amide bonds. The Kier molecular flexibility index (Phi) is 5.40. The van der Waals surface area contributed by atoms with Crippen LogP contribution in [0, 0.1) is 6.07 Å². The molecule has 2 heterocycles. The first kappa shape index (κ1) is 15.6. The molecule has 0 atom stereocenters. The van der Waals surface area contributed by atoms with Crippen molar-refractivity contribution in [3.8, 4) is 5.88 Å². The van der Waals surface area contributed by atoms with E-state index in [1.807, 2.05) is 34.9 Å². The molecule has 0 bridgehead atoms. The van der Waals surface area contributed by atoms with Crippen LogP contribution in [0.2, 0.25) is 0 Å². The number of aromatic nitrogens is 3. The molecule has 0 fully saturated rings. The fourth-order valence-corrected chi connectivity index (χ4v) is 2.02. The minimum absolute atomic E-state index is 0. The van der Waals surface area contributed by atoms with Gasteiger partial charge in [0.05, 0.1) is 13.7 Å². The molecule has 0 N–H and O–H groups in total. The van der Waals surface area contributed by atoms with E-state index in [4.69, 9.17) is 9.47 Å². The van der Waals surface area contributed by atoms with E-state index in [9.17, 15) is 0 Å². The van der Waals surface area contributed by atoms with Crippen molar-refractivity contribution >= 4 is 11.0 Å². The van der Waals surface area contributed by atoms with Gasteiger partial charge in [0.15, 0.2) is 5.88 Å². The minimum atomic E-state index is 0. The normalized spacial score (nSPS) is 10.3. The zero-order valence-electron chi connectivity index (χ0n) is 12.1. The average Bonchev–Trinajstić information content (AvgIpc) is 2.92. The van der Waals surface area contributed by atoms with Gasteiger partial charge in [0.25, 0.3) is 0 Å². The number of nitrogens with zero attached hydrogens (tertiary/aromatic N) is 3. The van der Waals surface area contributed by atoms with E-state index >= 15 is 0 Å². The van der Waals surface area contributed by atoms with E-state index in [0.29, 0.717) is 19.2 Å². The molecular formula is C15H14LiN3O2. The maximum atomic E-state index is 5.70. The van der Waals surface area contributed by atoms with E-state index in [1.165, 1.54) is 6.33 Å². The molecule has 3 rings (SSSR count). The van der Waals surface area contributed by atoms with E-state index in [2.05, 4.69) is 16.0 Å². The maximum Gasteiger partial charge on any atom is 1.00 e. The van der Waals surface area contributed by atoms with Crippen molar-refractivity contribution < 1.29 is 28.3 Å². The first-order valence-electron chi connectivity index (χ1n) is 6.25. The zero-order valence-corrected chi connectivity index (χ0v) is 12.1. The molecule has 21 heavy (non-hydrogen) atoms. The molecular weight excluding hydrogens is 261 g/mol. The van der Waals surface area contributed by atoms with Crippen LogP contribution in [-0.2, 0) is 18.1 Å². The van der Waals surface area contributed by atoms with Crippen molar-refractivity contribution in [3.63, 3.8) is 0 Å². The number of methoxy groups -OCH3 is 1. The SMILES string of the molecule is COc1ncnc2[c-]cn(COCc3ccccc3)c12.[Li+]. The molecule has 0 radical (unpaired) electrons. The average molecular weight is 275 g/mol. The Balaban J connectivity index is 0.00000161. The Bertz CT molecular complexity index is 700. The number of hydrogen-bond donors (Lipinski definition) is 0. The third kappa shape index (κ3) is 3.45. The van der Waals surface area contributed by atoms with Gasteiger partial charge in [-0.2, -0.15) is 0 Å². The summed E-state index contributed by atoms with van der Waals surface area (Å²) in [5.74, 6) is 0.527. The zero-order chi connectivity index (χ0) is 13.8. The molecule has 0 spiro atoms. The molecule has 0 saturated heterocycles. The topological polar surface area (TPSA) is 49.2 Å². The summed E-state index contributed by atoms with van der Waals surface area (Å²) in [6.07, 6.45) is 3.26. The first-order valence-corrected chi connectivity index (χ1v) is 6.25. The summed E-state index contributed by atoms with van der Waals surface area (Å²) in [5.41, 5.74) is 2.65. The quantitative estimate of drug-likeness (QED) is 0.462.